The number of aromatic nitrogens is 2. The van der Waals surface area contributed by atoms with Gasteiger partial charge in [0.25, 0.3) is 0 Å². The number of nitrogens with one attached hydrogen (secondary N) is 3. The fourth-order valence-corrected chi connectivity index (χ4v) is 1.73. The average molecular weight is 224 g/mol. The van der Waals surface area contributed by atoms with Gasteiger partial charge in [-0.05, 0) is 32.4 Å². The molecule has 3 N–H and O–H groups in total. The highest BCUT2D eigenvalue weighted by atomic mass is 15.1. The Kier molecular flexibility index (Phi) is 5.49. The van der Waals surface area contributed by atoms with E-state index in [1.165, 1.54) is 11.3 Å². The molecule has 0 radical (unpaired) electrons. The van der Waals surface area contributed by atoms with E-state index in [0.29, 0.717) is 6.04 Å². The van der Waals surface area contributed by atoms with Crippen molar-refractivity contribution >= 4 is 0 Å². The number of H-pyrrole nitrogens is 1. The number of hydrogen-bond donors (Lipinski definition) is 3. The maximum Gasteiger partial charge on any atom is 0.0626 e. The van der Waals surface area contributed by atoms with E-state index in [2.05, 4.69) is 48.5 Å². The lowest BCUT2D eigenvalue weighted by Crippen LogP contribution is -2.32. The van der Waals surface area contributed by atoms with Gasteiger partial charge in [-0.1, -0.05) is 13.8 Å². The average Bonchev–Trinajstić information content (AvgIpc) is 2.53. The largest absolute Gasteiger partial charge is 0.315 e. The fraction of sp³-hybridized carbons (Fsp3) is 0.750. The van der Waals surface area contributed by atoms with E-state index in [1.54, 1.807) is 0 Å². The van der Waals surface area contributed by atoms with Crippen LogP contribution in [0.2, 0.25) is 0 Å². The first-order valence-corrected chi connectivity index (χ1v) is 6.05. The molecule has 0 spiro atoms. The highest BCUT2D eigenvalue weighted by Crippen LogP contribution is 2.08. The highest BCUT2D eigenvalue weighted by molar-refractivity contribution is 5.23. The van der Waals surface area contributed by atoms with Crippen molar-refractivity contribution in [3.8, 4) is 0 Å². The molecule has 4 heteroatoms. The van der Waals surface area contributed by atoms with E-state index >= 15 is 0 Å². The lowest BCUT2D eigenvalue weighted by atomic mass is 10.1. The van der Waals surface area contributed by atoms with Crippen LogP contribution in [-0.2, 0) is 6.42 Å². The zero-order valence-corrected chi connectivity index (χ0v) is 10.9. The normalized spacial score (nSPS) is 11.3. The topological polar surface area (TPSA) is 52.7 Å². The van der Waals surface area contributed by atoms with E-state index in [-0.39, 0.29) is 0 Å². The van der Waals surface area contributed by atoms with Crippen LogP contribution in [0.1, 0.15) is 30.8 Å². The van der Waals surface area contributed by atoms with Crippen molar-refractivity contribution in [3.05, 3.63) is 17.0 Å². The van der Waals surface area contributed by atoms with Gasteiger partial charge in [0.1, 0.15) is 0 Å². The summed E-state index contributed by atoms with van der Waals surface area (Å²) < 4.78 is 0. The molecule has 1 rings (SSSR count). The first-order valence-electron chi connectivity index (χ1n) is 6.05. The first-order chi connectivity index (χ1) is 7.61. The molecule has 0 atom stereocenters. The lowest BCUT2D eigenvalue weighted by Gasteiger charge is -2.09. The summed E-state index contributed by atoms with van der Waals surface area (Å²) in [6.07, 6.45) is 1.05. The van der Waals surface area contributed by atoms with Gasteiger partial charge in [0.15, 0.2) is 0 Å². The van der Waals surface area contributed by atoms with Gasteiger partial charge in [-0.15, -0.1) is 0 Å². The Morgan fingerprint density at radius 2 is 1.94 bits per heavy atom. The van der Waals surface area contributed by atoms with Crippen molar-refractivity contribution in [1.82, 2.24) is 20.8 Å². The lowest BCUT2D eigenvalue weighted by molar-refractivity contribution is 0.556. The van der Waals surface area contributed by atoms with Crippen LogP contribution < -0.4 is 10.6 Å². The second-order valence-corrected chi connectivity index (χ2v) is 4.52. The van der Waals surface area contributed by atoms with Crippen molar-refractivity contribution in [1.29, 1.82) is 0 Å². The predicted octanol–water partition coefficient (Wildman–Crippen LogP) is 1.16. The molecule has 0 saturated heterocycles. The SMILES string of the molecule is Cc1n[nH]c(C)c1CCNCCNC(C)C. The Morgan fingerprint density at radius 3 is 2.50 bits per heavy atom. The quantitative estimate of drug-likeness (QED) is 0.609. The first kappa shape index (κ1) is 13.2. The zero-order valence-electron chi connectivity index (χ0n) is 10.9. The van der Waals surface area contributed by atoms with Crippen LogP contribution in [0.25, 0.3) is 0 Å². The van der Waals surface area contributed by atoms with E-state index in [9.17, 15) is 0 Å². The molecule has 0 fully saturated rings. The van der Waals surface area contributed by atoms with Crippen molar-refractivity contribution in [2.75, 3.05) is 19.6 Å². The van der Waals surface area contributed by atoms with Gasteiger partial charge in [0, 0.05) is 24.8 Å². The summed E-state index contributed by atoms with van der Waals surface area (Å²) in [6.45, 7) is 11.5. The molecule has 92 valence electrons. The number of hydrogen-bond acceptors (Lipinski definition) is 3. The molecule has 0 unspecified atom stereocenters. The molecule has 4 nitrogen and oxygen atoms in total. The van der Waals surface area contributed by atoms with Crippen molar-refractivity contribution in [2.45, 2.75) is 40.2 Å². The third-order valence-corrected chi connectivity index (χ3v) is 2.69. The Morgan fingerprint density at radius 1 is 1.19 bits per heavy atom. The molecule has 1 aromatic heterocycles. The molecule has 0 saturated carbocycles. The number of rotatable bonds is 7. The molecule has 1 heterocycles. The monoisotopic (exact) mass is 224 g/mol. The van der Waals surface area contributed by atoms with Crippen molar-refractivity contribution in [2.24, 2.45) is 0 Å². The zero-order chi connectivity index (χ0) is 12.0. The van der Waals surface area contributed by atoms with Gasteiger partial charge in [-0.25, -0.2) is 0 Å². The molecular formula is C12H24N4. The number of nitrogens with zero attached hydrogens (tertiary/aromatic N) is 1. The van der Waals surface area contributed by atoms with E-state index < -0.39 is 0 Å². The maximum absolute atomic E-state index is 4.19. The second-order valence-electron chi connectivity index (χ2n) is 4.52. The molecule has 0 bridgehead atoms. The van der Waals surface area contributed by atoms with Gasteiger partial charge in [0.2, 0.25) is 0 Å². The fourth-order valence-electron chi connectivity index (χ4n) is 1.73. The summed E-state index contributed by atoms with van der Waals surface area (Å²) in [5.41, 5.74) is 3.67. The van der Waals surface area contributed by atoms with Crippen molar-refractivity contribution in [3.63, 3.8) is 0 Å². The Labute approximate surface area is 98.2 Å². The molecule has 0 aromatic carbocycles. The van der Waals surface area contributed by atoms with Crippen LogP contribution in [0.3, 0.4) is 0 Å². The van der Waals surface area contributed by atoms with Crippen LogP contribution in [0, 0.1) is 13.8 Å². The second kappa shape index (κ2) is 6.66. The molecule has 0 aliphatic carbocycles. The van der Waals surface area contributed by atoms with Crippen LogP contribution >= 0.6 is 0 Å². The summed E-state index contributed by atoms with van der Waals surface area (Å²) in [5.74, 6) is 0. The van der Waals surface area contributed by atoms with Gasteiger partial charge in [0.05, 0.1) is 5.69 Å². The van der Waals surface area contributed by atoms with Crippen LogP contribution in [-0.4, -0.2) is 35.9 Å². The van der Waals surface area contributed by atoms with Crippen LogP contribution in [0.5, 0.6) is 0 Å². The van der Waals surface area contributed by atoms with Gasteiger partial charge in [-0.3, -0.25) is 5.10 Å². The molecular weight excluding hydrogens is 200 g/mol. The summed E-state index contributed by atoms with van der Waals surface area (Å²) in [6, 6.07) is 0.570. The maximum atomic E-state index is 4.19. The molecule has 1 aromatic rings. The number of aryl methyl sites for hydroxylation is 2. The highest BCUT2D eigenvalue weighted by Gasteiger charge is 2.04. The van der Waals surface area contributed by atoms with E-state index in [1.807, 2.05) is 0 Å². The molecule has 16 heavy (non-hydrogen) atoms. The molecule has 0 amide bonds. The molecule has 0 aliphatic heterocycles. The minimum atomic E-state index is 0.570. The molecule has 0 aliphatic rings. The standard InChI is InChI=1S/C12H24N4/c1-9(2)14-8-7-13-6-5-12-10(3)15-16-11(12)4/h9,13-14H,5-8H2,1-4H3,(H,15,16). The smallest absolute Gasteiger partial charge is 0.0626 e. The Balaban J connectivity index is 2.12. The summed E-state index contributed by atoms with van der Waals surface area (Å²) >= 11 is 0. The minimum Gasteiger partial charge on any atom is -0.315 e. The van der Waals surface area contributed by atoms with Gasteiger partial charge < -0.3 is 10.6 Å². The van der Waals surface area contributed by atoms with E-state index in [4.69, 9.17) is 0 Å². The predicted molar refractivity (Wildman–Crippen MR) is 67.8 cm³/mol. The van der Waals surface area contributed by atoms with Crippen LogP contribution in [0.15, 0.2) is 0 Å². The van der Waals surface area contributed by atoms with Crippen molar-refractivity contribution < 1.29 is 0 Å². The van der Waals surface area contributed by atoms with Gasteiger partial charge >= 0.3 is 0 Å². The van der Waals surface area contributed by atoms with Crippen LogP contribution in [0.4, 0.5) is 0 Å². The minimum absolute atomic E-state index is 0.570. The summed E-state index contributed by atoms with van der Waals surface area (Å²) in [4.78, 5) is 0. The summed E-state index contributed by atoms with van der Waals surface area (Å²) in [5, 5.41) is 14.0. The third kappa shape index (κ3) is 4.33. The number of aromatic amines is 1. The van der Waals surface area contributed by atoms with Gasteiger partial charge in [-0.2, -0.15) is 5.10 Å². The Hall–Kier alpha value is -0.870. The summed E-state index contributed by atoms with van der Waals surface area (Å²) in [7, 11) is 0. The third-order valence-electron chi connectivity index (χ3n) is 2.69. The van der Waals surface area contributed by atoms with E-state index in [0.717, 1.165) is 31.7 Å². The Bertz CT molecular complexity index is 284.